The molecule has 0 saturated carbocycles. The molecule has 0 aliphatic carbocycles. The van der Waals surface area contributed by atoms with Gasteiger partial charge in [0, 0.05) is 24.5 Å². The Kier molecular flexibility index (Phi) is 3.37. The molecule has 1 aromatic heterocycles. The van der Waals surface area contributed by atoms with Gasteiger partial charge in [0.25, 0.3) is 0 Å². The molecule has 2 rings (SSSR count). The molecule has 1 saturated heterocycles. The maximum absolute atomic E-state index is 4.23. The predicted molar refractivity (Wildman–Crippen MR) is 62.7 cm³/mol. The SMILES string of the molecule is CC(C)N1CCCC[C@@H]1c1cccnc1. The second-order valence-electron chi connectivity index (χ2n) is 4.63. The van der Waals surface area contributed by atoms with Crippen LogP contribution >= 0.6 is 0 Å². The summed E-state index contributed by atoms with van der Waals surface area (Å²) in [6, 6.07) is 5.48. The number of piperidine rings is 1. The van der Waals surface area contributed by atoms with Crippen molar-refractivity contribution in [2.75, 3.05) is 6.54 Å². The van der Waals surface area contributed by atoms with Crippen molar-refractivity contribution in [2.45, 2.75) is 45.2 Å². The first-order valence-electron chi connectivity index (χ1n) is 5.94. The summed E-state index contributed by atoms with van der Waals surface area (Å²) in [7, 11) is 0. The minimum absolute atomic E-state index is 0.590. The fourth-order valence-electron chi connectivity index (χ4n) is 2.50. The van der Waals surface area contributed by atoms with Crippen molar-refractivity contribution in [2.24, 2.45) is 0 Å². The fourth-order valence-corrected chi connectivity index (χ4v) is 2.50. The van der Waals surface area contributed by atoms with E-state index in [1.54, 1.807) is 0 Å². The highest BCUT2D eigenvalue weighted by Gasteiger charge is 2.25. The van der Waals surface area contributed by atoms with Gasteiger partial charge in [-0.3, -0.25) is 9.88 Å². The molecular formula is C13H20N2. The molecule has 0 unspecified atom stereocenters. The summed E-state index contributed by atoms with van der Waals surface area (Å²) in [6.07, 6.45) is 7.85. The molecule has 0 amide bonds. The van der Waals surface area contributed by atoms with Crippen LogP contribution in [0.15, 0.2) is 24.5 Å². The van der Waals surface area contributed by atoms with Crippen LogP contribution in [0.2, 0.25) is 0 Å². The van der Waals surface area contributed by atoms with Crippen LogP contribution in [0.25, 0.3) is 0 Å². The zero-order valence-corrected chi connectivity index (χ0v) is 9.69. The molecule has 0 radical (unpaired) electrons. The Morgan fingerprint density at radius 2 is 2.27 bits per heavy atom. The summed E-state index contributed by atoms with van der Waals surface area (Å²) in [5.41, 5.74) is 1.38. The molecule has 1 aromatic rings. The third-order valence-corrected chi connectivity index (χ3v) is 3.28. The summed E-state index contributed by atoms with van der Waals surface area (Å²) in [4.78, 5) is 6.82. The van der Waals surface area contributed by atoms with Gasteiger partial charge in [0.1, 0.15) is 0 Å². The number of hydrogen-bond donors (Lipinski definition) is 0. The van der Waals surface area contributed by atoms with Crippen LogP contribution in [0.1, 0.15) is 44.7 Å². The van der Waals surface area contributed by atoms with Gasteiger partial charge in [0.05, 0.1) is 0 Å². The molecule has 0 aromatic carbocycles. The van der Waals surface area contributed by atoms with Gasteiger partial charge in [-0.1, -0.05) is 12.5 Å². The predicted octanol–water partition coefficient (Wildman–Crippen LogP) is 3.02. The van der Waals surface area contributed by atoms with E-state index in [4.69, 9.17) is 0 Å². The standard InChI is InChI=1S/C13H20N2/c1-11(2)15-9-4-3-7-13(15)12-6-5-8-14-10-12/h5-6,8,10-11,13H,3-4,7,9H2,1-2H3/t13-/m1/s1. The summed E-state index contributed by atoms with van der Waals surface area (Å²) < 4.78 is 0. The lowest BCUT2D eigenvalue weighted by Gasteiger charge is -2.38. The zero-order chi connectivity index (χ0) is 10.7. The highest BCUT2D eigenvalue weighted by molar-refractivity contribution is 5.14. The summed E-state index contributed by atoms with van der Waals surface area (Å²) >= 11 is 0. The van der Waals surface area contributed by atoms with E-state index in [2.05, 4.69) is 29.8 Å². The van der Waals surface area contributed by atoms with E-state index >= 15 is 0 Å². The van der Waals surface area contributed by atoms with E-state index in [1.165, 1.54) is 31.4 Å². The largest absolute Gasteiger partial charge is 0.294 e. The van der Waals surface area contributed by atoms with Crippen LogP contribution in [0, 0.1) is 0 Å². The van der Waals surface area contributed by atoms with Gasteiger partial charge >= 0.3 is 0 Å². The number of hydrogen-bond acceptors (Lipinski definition) is 2. The van der Waals surface area contributed by atoms with Crippen LogP contribution < -0.4 is 0 Å². The van der Waals surface area contributed by atoms with Crippen LogP contribution in [-0.4, -0.2) is 22.5 Å². The van der Waals surface area contributed by atoms with Crippen molar-refractivity contribution in [3.8, 4) is 0 Å². The zero-order valence-electron chi connectivity index (χ0n) is 9.69. The smallest absolute Gasteiger partial charge is 0.0366 e. The lowest BCUT2D eigenvalue weighted by atomic mass is 9.95. The minimum Gasteiger partial charge on any atom is -0.294 e. The number of rotatable bonds is 2. The van der Waals surface area contributed by atoms with Gasteiger partial charge in [-0.25, -0.2) is 0 Å². The molecule has 0 N–H and O–H groups in total. The average Bonchev–Trinajstić information content (AvgIpc) is 2.30. The van der Waals surface area contributed by atoms with Crippen molar-refractivity contribution < 1.29 is 0 Å². The van der Waals surface area contributed by atoms with E-state index in [1.807, 2.05) is 18.5 Å². The minimum atomic E-state index is 0.590. The Bertz CT molecular complexity index is 295. The monoisotopic (exact) mass is 204 g/mol. The van der Waals surface area contributed by atoms with Crippen molar-refractivity contribution in [3.63, 3.8) is 0 Å². The lowest BCUT2D eigenvalue weighted by molar-refractivity contribution is 0.112. The van der Waals surface area contributed by atoms with Crippen molar-refractivity contribution in [1.29, 1.82) is 0 Å². The van der Waals surface area contributed by atoms with Gasteiger partial charge in [-0.05, 0) is 44.9 Å². The first kappa shape index (κ1) is 10.6. The molecule has 0 spiro atoms. The van der Waals surface area contributed by atoms with Crippen LogP contribution in [0.3, 0.4) is 0 Å². The highest BCUT2D eigenvalue weighted by Crippen LogP contribution is 2.31. The lowest BCUT2D eigenvalue weighted by Crippen LogP contribution is -2.38. The molecule has 1 aliphatic heterocycles. The quantitative estimate of drug-likeness (QED) is 0.736. The summed E-state index contributed by atoms with van der Waals surface area (Å²) in [5.74, 6) is 0. The van der Waals surface area contributed by atoms with Gasteiger partial charge in [0.2, 0.25) is 0 Å². The molecule has 2 heterocycles. The maximum Gasteiger partial charge on any atom is 0.0366 e. The first-order valence-corrected chi connectivity index (χ1v) is 5.94. The molecule has 1 fully saturated rings. The molecule has 82 valence electrons. The van der Waals surface area contributed by atoms with Crippen molar-refractivity contribution in [1.82, 2.24) is 9.88 Å². The Labute approximate surface area is 92.3 Å². The second-order valence-corrected chi connectivity index (χ2v) is 4.63. The molecule has 2 heteroatoms. The highest BCUT2D eigenvalue weighted by atomic mass is 15.2. The van der Waals surface area contributed by atoms with Gasteiger partial charge in [-0.15, -0.1) is 0 Å². The third-order valence-electron chi connectivity index (χ3n) is 3.28. The van der Waals surface area contributed by atoms with Gasteiger partial charge in [-0.2, -0.15) is 0 Å². The first-order chi connectivity index (χ1) is 7.29. The topological polar surface area (TPSA) is 16.1 Å². The van der Waals surface area contributed by atoms with Crippen molar-refractivity contribution >= 4 is 0 Å². The Morgan fingerprint density at radius 3 is 2.93 bits per heavy atom. The molecule has 0 bridgehead atoms. The number of aromatic nitrogens is 1. The normalized spacial score (nSPS) is 23.3. The fraction of sp³-hybridized carbons (Fsp3) is 0.615. The molecular weight excluding hydrogens is 184 g/mol. The van der Waals surface area contributed by atoms with Crippen LogP contribution in [0.5, 0.6) is 0 Å². The number of nitrogens with zero attached hydrogens (tertiary/aromatic N) is 2. The van der Waals surface area contributed by atoms with E-state index in [-0.39, 0.29) is 0 Å². The van der Waals surface area contributed by atoms with Gasteiger partial charge in [0.15, 0.2) is 0 Å². The summed E-state index contributed by atoms with van der Waals surface area (Å²) in [5, 5.41) is 0. The van der Waals surface area contributed by atoms with Crippen LogP contribution in [0.4, 0.5) is 0 Å². The Balaban J connectivity index is 2.18. The molecule has 1 atom stereocenters. The van der Waals surface area contributed by atoms with Gasteiger partial charge < -0.3 is 0 Å². The average molecular weight is 204 g/mol. The van der Waals surface area contributed by atoms with E-state index in [9.17, 15) is 0 Å². The number of pyridine rings is 1. The Morgan fingerprint density at radius 1 is 1.40 bits per heavy atom. The van der Waals surface area contributed by atoms with E-state index in [0.29, 0.717) is 12.1 Å². The summed E-state index contributed by atoms with van der Waals surface area (Å²) in [6.45, 7) is 5.81. The molecule has 15 heavy (non-hydrogen) atoms. The second kappa shape index (κ2) is 4.75. The number of likely N-dealkylation sites (tertiary alicyclic amines) is 1. The molecule has 2 nitrogen and oxygen atoms in total. The Hall–Kier alpha value is -0.890. The van der Waals surface area contributed by atoms with Crippen molar-refractivity contribution in [3.05, 3.63) is 30.1 Å². The van der Waals surface area contributed by atoms with E-state index in [0.717, 1.165) is 0 Å². The van der Waals surface area contributed by atoms with Crippen LogP contribution in [-0.2, 0) is 0 Å². The third kappa shape index (κ3) is 2.37. The van der Waals surface area contributed by atoms with E-state index < -0.39 is 0 Å². The maximum atomic E-state index is 4.23. The molecule has 1 aliphatic rings.